The Morgan fingerprint density at radius 3 is 2.38 bits per heavy atom. The maximum absolute atomic E-state index is 12.9. The third-order valence-corrected chi connectivity index (χ3v) is 3.57. The summed E-state index contributed by atoms with van der Waals surface area (Å²) >= 11 is 0. The van der Waals surface area contributed by atoms with Gasteiger partial charge in [-0.15, -0.1) is 0 Å². The van der Waals surface area contributed by atoms with Gasteiger partial charge in [0.05, 0.1) is 18.2 Å². The van der Waals surface area contributed by atoms with Crippen molar-refractivity contribution in [1.82, 2.24) is 10.2 Å². The van der Waals surface area contributed by atoms with Crippen LogP contribution in [0.15, 0.2) is 54.2 Å². The molecular weight excluding hydrogens is 309 g/mol. The maximum atomic E-state index is 12.9. The first-order chi connectivity index (χ1) is 11.6. The minimum Gasteiger partial charge on any atom is -0.303 e. The van der Waals surface area contributed by atoms with E-state index in [0.29, 0.717) is 16.7 Å². The number of nitriles is 1. The number of hydrogen-bond acceptors (Lipinski definition) is 3. The van der Waals surface area contributed by atoms with E-state index >= 15 is 0 Å². The van der Waals surface area contributed by atoms with Crippen molar-refractivity contribution in [2.45, 2.75) is 6.54 Å². The third-order valence-electron chi connectivity index (χ3n) is 3.57. The van der Waals surface area contributed by atoms with Gasteiger partial charge in [0.15, 0.2) is 0 Å². The molecule has 3 rings (SSSR count). The van der Waals surface area contributed by atoms with Crippen molar-refractivity contribution in [2.75, 3.05) is 0 Å². The largest absolute Gasteiger partial charge is 0.329 e. The monoisotopic (exact) mass is 321 g/mol. The van der Waals surface area contributed by atoms with Crippen molar-refractivity contribution in [2.24, 2.45) is 0 Å². The molecule has 0 spiro atoms. The van der Waals surface area contributed by atoms with Crippen molar-refractivity contribution in [1.29, 1.82) is 5.26 Å². The van der Waals surface area contributed by atoms with Crippen LogP contribution in [0.4, 0.5) is 9.18 Å². The van der Waals surface area contributed by atoms with Crippen LogP contribution in [0.5, 0.6) is 0 Å². The minimum atomic E-state index is -0.524. The molecular formula is C18H12FN3O2. The summed E-state index contributed by atoms with van der Waals surface area (Å²) in [4.78, 5) is 25.4. The molecule has 0 bridgehead atoms. The number of carbonyl (C=O) groups excluding carboxylic acids is 2. The second-order valence-electron chi connectivity index (χ2n) is 5.24. The summed E-state index contributed by atoms with van der Waals surface area (Å²) < 4.78 is 12.9. The Labute approximate surface area is 137 Å². The van der Waals surface area contributed by atoms with Crippen LogP contribution in [-0.4, -0.2) is 16.8 Å². The predicted octanol–water partition coefficient (Wildman–Crippen LogP) is 2.79. The molecule has 0 unspecified atom stereocenters. The molecule has 0 radical (unpaired) electrons. The van der Waals surface area contributed by atoms with Crippen molar-refractivity contribution >= 4 is 18.0 Å². The number of carbonyl (C=O) groups is 2. The Bertz CT molecular complexity index is 865. The number of hydrogen-bond donors (Lipinski definition) is 1. The first kappa shape index (κ1) is 15.4. The Morgan fingerprint density at radius 2 is 1.75 bits per heavy atom. The molecule has 118 valence electrons. The molecule has 0 saturated carbocycles. The lowest BCUT2D eigenvalue weighted by atomic mass is 10.1. The number of halogens is 1. The quantitative estimate of drug-likeness (QED) is 0.698. The van der Waals surface area contributed by atoms with Crippen LogP contribution in [0.25, 0.3) is 6.08 Å². The van der Waals surface area contributed by atoms with Crippen LogP contribution in [0.2, 0.25) is 0 Å². The average molecular weight is 321 g/mol. The smallest absolute Gasteiger partial charge is 0.303 e. The lowest BCUT2D eigenvalue weighted by molar-refractivity contribution is -0.123. The Hall–Kier alpha value is -3.46. The molecule has 1 saturated heterocycles. The molecule has 0 aromatic heterocycles. The molecule has 24 heavy (non-hydrogen) atoms. The summed E-state index contributed by atoms with van der Waals surface area (Å²) in [6.45, 7) is 0.0651. The van der Waals surface area contributed by atoms with Crippen LogP contribution < -0.4 is 5.32 Å². The molecule has 1 aliphatic heterocycles. The lowest BCUT2D eigenvalue weighted by Crippen LogP contribution is -2.30. The molecule has 0 aliphatic carbocycles. The van der Waals surface area contributed by atoms with Gasteiger partial charge in [-0.3, -0.25) is 9.69 Å². The van der Waals surface area contributed by atoms with Gasteiger partial charge in [0, 0.05) is 0 Å². The Morgan fingerprint density at radius 1 is 1.08 bits per heavy atom. The number of amides is 3. The van der Waals surface area contributed by atoms with Crippen molar-refractivity contribution < 1.29 is 14.0 Å². The van der Waals surface area contributed by atoms with Crippen LogP contribution in [-0.2, 0) is 11.3 Å². The summed E-state index contributed by atoms with van der Waals surface area (Å²) in [5.74, 6) is -0.828. The number of nitrogens with zero attached hydrogens (tertiary/aromatic N) is 2. The third kappa shape index (κ3) is 3.15. The number of nitrogens with one attached hydrogen (secondary N) is 1. The zero-order valence-electron chi connectivity index (χ0n) is 12.5. The highest BCUT2D eigenvalue weighted by Crippen LogP contribution is 2.17. The molecule has 0 atom stereocenters. The van der Waals surface area contributed by atoms with E-state index in [0.717, 1.165) is 4.90 Å². The Balaban J connectivity index is 1.79. The summed E-state index contributed by atoms with van der Waals surface area (Å²) in [7, 11) is 0. The van der Waals surface area contributed by atoms with E-state index in [9.17, 15) is 14.0 Å². The fraction of sp³-hybridized carbons (Fsp3) is 0.0556. The number of urea groups is 1. The van der Waals surface area contributed by atoms with Gasteiger partial charge in [0.2, 0.25) is 0 Å². The van der Waals surface area contributed by atoms with Gasteiger partial charge in [-0.25, -0.2) is 9.18 Å². The second-order valence-corrected chi connectivity index (χ2v) is 5.24. The van der Waals surface area contributed by atoms with Crippen LogP contribution in [0.3, 0.4) is 0 Å². The molecule has 3 amide bonds. The van der Waals surface area contributed by atoms with Gasteiger partial charge in [0.25, 0.3) is 5.91 Å². The predicted molar refractivity (Wildman–Crippen MR) is 84.6 cm³/mol. The van der Waals surface area contributed by atoms with E-state index < -0.39 is 11.9 Å². The van der Waals surface area contributed by atoms with Gasteiger partial charge >= 0.3 is 6.03 Å². The first-order valence-electron chi connectivity index (χ1n) is 7.16. The molecule has 6 heteroatoms. The van der Waals surface area contributed by atoms with E-state index in [2.05, 4.69) is 5.32 Å². The Kier molecular flexibility index (Phi) is 4.08. The number of imide groups is 1. The fourth-order valence-corrected chi connectivity index (χ4v) is 2.31. The van der Waals surface area contributed by atoms with E-state index in [4.69, 9.17) is 5.26 Å². The van der Waals surface area contributed by atoms with Gasteiger partial charge in [-0.05, 0) is 41.5 Å². The van der Waals surface area contributed by atoms with Crippen molar-refractivity contribution in [3.8, 4) is 6.07 Å². The molecule has 1 fully saturated rings. The van der Waals surface area contributed by atoms with E-state index in [-0.39, 0.29) is 18.1 Å². The topological polar surface area (TPSA) is 73.2 Å². The highest BCUT2D eigenvalue weighted by Gasteiger charge is 2.33. The van der Waals surface area contributed by atoms with E-state index in [1.807, 2.05) is 6.07 Å². The second kappa shape index (κ2) is 6.34. The standard InChI is InChI=1S/C18H12FN3O2/c19-15-7-5-14(6-8-15)11-22-17(23)16(21-18(22)24)9-12-1-3-13(10-20)4-2-12/h1-9H,11H2,(H,21,24)/b16-9+. The normalized spacial score (nSPS) is 15.5. The summed E-state index contributed by atoms with van der Waals surface area (Å²) in [6, 6.07) is 13.7. The lowest BCUT2D eigenvalue weighted by Gasteiger charge is -2.11. The van der Waals surface area contributed by atoms with Gasteiger partial charge < -0.3 is 5.32 Å². The molecule has 1 N–H and O–H groups in total. The van der Waals surface area contributed by atoms with Crippen molar-refractivity contribution in [3.05, 3.63) is 76.7 Å². The highest BCUT2D eigenvalue weighted by molar-refractivity contribution is 6.13. The highest BCUT2D eigenvalue weighted by atomic mass is 19.1. The zero-order valence-corrected chi connectivity index (χ0v) is 12.5. The van der Waals surface area contributed by atoms with Gasteiger partial charge in [0.1, 0.15) is 11.5 Å². The summed E-state index contributed by atoms with van der Waals surface area (Å²) in [5, 5.41) is 11.3. The van der Waals surface area contributed by atoms with Crippen molar-refractivity contribution in [3.63, 3.8) is 0 Å². The molecule has 2 aromatic rings. The zero-order chi connectivity index (χ0) is 17.1. The van der Waals surface area contributed by atoms with Crippen LogP contribution in [0.1, 0.15) is 16.7 Å². The minimum absolute atomic E-state index is 0.0651. The first-order valence-corrected chi connectivity index (χ1v) is 7.16. The van der Waals surface area contributed by atoms with Gasteiger partial charge in [-0.1, -0.05) is 24.3 Å². The van der Waals surface area contributed by atoms with E-state index in [1.54, 1.807) is 30.3 Å². The molecule has 1 aliphatic rings. The SMILES string of the molecule is N#Cc1ccc(/C=C2/NC(=O)N(Cc3ccc(F)cc3)C2=O)cc1. The van der Waals surface area contributed by atoms with Crippen LogP contribution >= 0.6 is 0 Å². The molecule has 2 aromatic carbocycles. The summed E-state index contributed by atoms with van der Waals surface area (Å²) in [6.07, 6.45) is 1.55. The number of rotatable bonds is 3. The summed E-state index contributed by atoms with van der Waals surface area (Å²) in [5.41, 5.74) is 2.02. The molecule has 1 heterocycles. The molecule has 5 nitrogen and oxygen atoms in total. The average Bonchev–Trinajstić information content (AvgIpc) is 2.85. The van der Waals surface area contributed by atoms with Crippen LogP contribution in [0, 0.1) is 17.1 Å². The number of benzene rings is 2. The van der Waals surface area contributed by atoms with Gasteiger partial charge in [-0.2, -0.15) is 5.26 Å². The maximum Gasteiger partial charge on any atom is 0.329 e. The fourth-order valence-electron chi connectivity index (χ4n) is 2.31. The van der Waals surface area contributed by atoms with E-state index in [1.165, 1.54) is 24.3 Å².